The maximum atomic E-state index is 13.5. The molecule has 0 atom stereocenters. The molecule has 148 valence electrons. The van der Waals surface area contributed by atoms with Crippen LogP contribution in [-0.2, 0) is 4.79 Å². The molecular weight excluding hydrogens is 330 g/mol. The van der Waals surface area contributed by atoms with Crippen LogP contribution in [0.5, 0.6) is 0 Å². The Balaban J connectivity index is 3.34. The Bertz CT molecular complexity index is 701. The molecule has 1 aromatic carbocycles. The van der Waals surface area contributed by atoms with Crippen LogP contribution in [0.4, 0.5) is 5.69 Å². The number of rotatable bonds is 8. The molecule has 0 heterocycles. The van der Waals surface area contributed by atoms with Gasteiger partial charge in [0.15, 0.2) is 0 Å². The number of anilines is 1. The monoisotopic (exact) mass is 367 g/mol. The normalized spacial score (nSPS) is 12.0. The first kappa shape index (κ1) is 23.0. The fourth-order valence-electron chi connectivity index (χ4n) is 2.91. The van der Waals surface area contributed by atoms with Crippen LogP contribution in [0.1, 0.15) is 66.9 Å². The molecule has 0 N–H and O–H groups in total. The van der Waals surface area contributed by atoms with Gasteiger partial charge in [-0.2, -0.15) is 0 Å². The summed E-state index contributed by atoms with van der Waals surface area (Å²) in [5.41, 5.74) is 4.03. The highest BCUT2D eigenvalue weighted by atomic mass is 16.2. The molecule has 0 unspecified atom stereocenters. The van der Waals surface area contributed by atoms with Crippen molar-refractivity contribution in [1.82, 2.24) is 0 Å². The van der Waals surface area contributed by atoms with E-state index in [0.29, 0.717) is 24.3 Å². The maximum Gasteiger partial charge on any atom is 0.258 e. The summed E-state index contributed by atoms with van der Waals surface area (Å²) in [4.78, 5) is 15.5. The quantitative estimate of drug-likeness (QED) is 0.361. The van der Waals surface area contributed by atoms with Crippen molar-refractivity contribution in [3.05, 3.63) is 65.3 Å². The second-order valence-electron chi connectivity index (χ2n) is 8.42. The van der Waals surface area contributed by atoms with Gasteiger partial charge in [0.2, 0.25) is 0 Å². The topological polar surface area (TPSA) is 20.3 Å². The summed E-state index contributed by atoms with van der Waals surface area (Å²) in [5, 5.41) is 0. The van der Waals surface area contributed by atoms with E-state index in [4.69, 9.17) is 0 Å². The minimum absolute atomic E-state index is 0.0750. The van der Waals surface area contributed by atoms with Gasteiger partial charge in [-0.15, -0.1) is 0 Å². The molecule has 0 aromatic heterocycles. The van der Waals surface area contributed by atoms with Crippen LogP contribution in [0.15, 0.2) is 59.7 Å². The van der Waals surface area contributed by atoms with Crippen LogP contribution in [0.25, 0.3) is 0 Å². The minimum atomic E-state index is 0.0750. The Morgan fingerprint density at radius 2 is 1.63 bits per heavy atom. The third kappa shape index (κ3) is 7.21. The van der Waals surface area contributed by atoms with Crippen molar-refractivity contribution in [2.24, 2.45) is 11.8 Å². The van der Waals surface area contributed by atoms with E-state index in [1.54, 1.807) is 0 Å². The van der Waals surface area contributed by atoms with Gasteiger partial charge >= 0.3 is 0 Å². The minimum Gasteiger partial charge on any atom is -0.308 e. The Hall–Kier alpha value is -2.09. The van der Waals surface area contributed by atoms with Crippen molar-refractivity contribution in [3.63, 3.8) is 0 Å². The van der Waals surface area contributed by atoms with E-state index >= 15 is 0 Å². The highest BCUT2D eigenvalue weighted by Crippen LogP contribution is 2.29. The Morgan fingerprint density at radius 3 is 2.15 bits per heavy atom. The number of hydrogen-bond acceptors (Lipinski definition) is 1. The van der Waals surface area contributed by atoms with E-state index in [-0.39, 0.29) is 5.91 Å². The van der Waals surface area contributed by atoms with Gasteiger partial charge in [0, 0.05) is 17.8 Å². The fraction of sp³-hybridized carbons (Fsp3) is 0.480. The van der Waals surface area contributed by atoms with Crippen molar-refractivity contribution < 1.29 is 4.79 Å². The average Bonchev–Trinajstić information content (AvgIpc) is 2.58. The van der Waals surface area contributed by atoms with Crippen LogP contribution < -0.4 is 4.90 Å². The lowest BCUT2D eigenvalue weighted by atomic mass is 9.98. The molecule has 0 fully saturated rings. The predicted molar refractivity (Wildman–Crippen MR) is 119 cm³/mol. The second-order valence-corrected chi connectivity index (χ2v) is 8.42. The van der Waals surface area contributed by atoms with Crippen molar-refractivity contribution in [2.75, 3.05) is 11.4 Å². The summed E-state index contributed by atoms with van der Waals surface area (Å²) in [6.07, 6.45) is 8.07. The van der Waals surface area contributed by atoms with Crippen LogP contribution in [0.3, 0.4) is 0 Å². The van der Waals surface area contributed by atoms with E-state index in [9.17, 15) is 4.79 Å². The lowest BCUT2D eigenvalue weighted by Crippen LogP contribution is -2.36. The van der Waals surface area contributed by atoms with Crippen molar-refractivity contribution >= 4 is 11.6 Å². The number of carbonyl (C=O) groups is 1. The zero-order valence-electron chi connectivity index (χ0n) is 18.4. The number of allylic oxidation sites excluding steroid dienone is 4. The molecule has 0 saturated heterocycles. The fourth-order valence-corrected chi connectivity index (χ4v) is 2.91. The molecule has 2 nitrogen and oxygen atoms in total. The van der Waals surface area contributed by atoms with Gasteiger partial charge in [0.05, 0.1) is 0 Å². The standard InChI is InChI=1S/C25H37NO/c1-18(2)13-9-10-15-23(21(7)8)25(27)26(17-19(3)4)24-16-12-11-14-22(24)20(5)6/h9-16,18-20H,17H2,1-8H3/b13-9-,15-10-. The molecule has 0 saturated carbocycles. The maximum absolute atomic E-state index is 13.5. The van der Waals surface area contributed by atoms with Gasteiger partial charge in [-0.1, -0.05) is 83.5 Å². The molecule has 1 rings (SSSR count). The molecule has 27 heavy (non-hydrogen) atoms. The lowest BCUT2D eigenvalue weighted by Gasteiger charge is -2.29. The largest absolute Gasteiger partial charge is 0.308 e. The first-order chi connectivity index (χ1) is 12.6. The van der Waals surface area contributed by atoms with Crippen LogP contribution in [-0.4, -0.2) is 12.5 Å². The summed E-state index contributed by atoms with van der Waals surface area (Å²) in [6.45, 7) is 17.7. The third-order valence-corrected chi connectivity index (χ3v) is 4.28. The van der Waals surface area contributed by atoms with E-state index in [2.05, 4.69) is 65.8 Å². The van der Waals surface area contributed by atoms with Gasteiger partial charge < -0.3 is 4.90 Å². The third-order valence-electron chi connectivity index (χ3n) is 4.28. The van der Waals surface area contributed by atoms with Gasteiger partial charge in [-0.3, -0.25) is 4.79 Å². The summed E-state index contributed by atoms with van der Waals surface area (Å²) >= 11 is 0. The molecule has 0 aliphatic heterocycles. The van der Waals surface area contributed by atoms with E-state index in [1.807, 2.05) is 43.0 Å². The first-order valence-electron chi connectivity index (χ1n) is 10.1. The van der Waals surface area contributed by atoms with Crippen LogP contribution >= 0.6 is 0 Å². The Labute approximate surface area is 166 Å². The van der Waals surface area contributed by atoms with Gasteiger partial charge in [-0.25, -0.2) is 0 Å². The SMILES string of the molecule is CC(C)=C(/C=C\C=C/C(C)C)C(=O)N(CC(C)C)c1ccccc1C(C)C. The molecule has 0 aliphatic rings. The highest BCUT2D eigenvalue weighted by molar-refractivity contribution is 6.08. The molecule has 0 bridgehead atoms. The molecule has 0 spiro atoms. The number of amides is 1. The molecular formula is C25H37NO. The number of benzene rings is 1. The predicted octanol–water partition coefficient (Wildman–Crippen LogP) is 6.90. The van der Waals surface area contributed by atoms with Gasteiger partial charge in [0.1, 0.15) is 0 Å². The molecule has 1 amide bonds. The van der Waals surface area contributed by atoms with Crippen molar-refractivity contribution in [1.29, 1.82) is 0 Å². The Kier molecular flexibility index (Phi) is 9.28. The van der Waals surface area contributed by atoms with Crippen molar-refractivity contribution in [3.8, 4) is 0 Å². The van der Waals surface area contributed by atoms with E-state index in [1.165, 1.54) is 5.56 Å². The zero-order chi connectivity index (χ0) is 20.6. The van der Waals surface area contributed by atoms with Crippen LogP contribution in [0.2, 0.25) is 0 Å². The molecule has 1 aromatic rings. The van der Waals surface area contributed by atoms with Gasteiger partial charge in [0.25, 0.3) is 5.91 Å². The van der Waals surface area contributed by atoms with E-state index < -0.39 is 0 Å². The second kappa shape index (κ2) is 10.9. The summed E-state index contributed by atoms with van der Waals surface area (Å²) in [7, 11) is 0. The average molecular weight is 368 g/mol. The zero-order valence-corrected chi connectivity index (χ0v) is 18.4. The number of hydrogen-bond donors (Lipinski definition) is 0. The summed E-state index contributed by atoms with van der Waals surface area (Å²) < 4.78 is 0. The molecule has 0 aliphatic carbocycles. The van der Waals surface area contributed by atoms with Crippen LogP contribution in [0, 0.1) is 11.8 Å². The summed E-state index contributed by atoms with van der Waals surface area (Å²) in [5.74, 6) is 1.32. The highest BCUT2D eigenvalue weighted by Gasteiger charge is 2.23. The Morgan fingerprint density at radius 1 is 1.00 bits per heavy atom. The molecule has 0 radical (unpaired) electrons. The lowest BCUT2D eigenvalue weighted by molar-refractivity contribution is -0.115. The number of para-hydroxylation sites is 1. The number of nitrogens with zero attached hydrogens (tertiary/aromatic N) is 1. The summed E-state index contributed by atoms with van der Waals surface area (Å²) in [6, 6.07) is 8.27. The van der Waals surface area contributed by atoms with Gasteiger partial charge in [-0.05, 0) is 49.3 Å². The van der Waals surface area contributed by atoms with Crippen molar-refractivity contribution in [2.45, 2.75) is 61.3 Å². The molecule has 2 heteroatoms. The number of carbonyl (C=O) groups excluding carboxylic acids is 1. The smallest absolute Gasteiger partial charge is 0.258 e. The first-order valence-corrected chi connectivity index (χ1v) is 10.1. The van der Waals surface area contributed by atoms with E-state index in [0.717, 1.165) is 16.8 Å².